The van der Waals surface area contributed by atoms with Crippen LogP contribution in [0.25, 0.3) is 0 Å². The van der Waals surface area contributed by atoms with E-state index in [-0.39, 0.29) is 12.1 Å². The number of urea groups is 2. The Kier molecular flexibility index (Phi) is 16.6. The summed E-state index contributed by atoms with van der Waals surface area (Å²) in [6.07, 6.45) is 40.7. The first kappa shape index (κ1) is 44.7. The molecule has 1 saturated heterocycles. The number of fused-ring (bicyclic) bond motifs is 4. The number of ether oxygens (including phenoxy) is 2. The maximum absolute atomic E-state index is 12.6. The van der Waals surface area contributed by atoms with E-state index in [0.29, 0.717) is 36.4 Å². The molecule has 61 heavy (non-hydrogen) atoms. The van der Waals surface area contributed by atoms with Gasteiger partial charge in [0, 0.05) is 50.6 Å². The standard InChI is InChI=1S/C51H84N6O4/c1-2-37(31-48-56(44-33-38-19-11-13-21-40(38)35-46(44)60-48)29-17-5-15-27-52-50(58)54-42-23-7-3-8-24-42)32-49-57(45-34-39-20-12-14-22-41(39)36-47(45)61-49)30-18-6-16-28-53-51(59)55-43-25-9-4-10-26-43/h31-32,38-47H,2-30,33-36H2,1H3,(H3-,52,53,54,55,58,59)/p+1. The Hall–Kier alpha value is -2.91. The molecule has 4 amide bonds. The smallest absolute Gasteiger partial charge is 0.363 e. The van der Waals surface area contributed by atoms with Crippen molar-refractivity contribution in [2.45, 2.75) is 230 Å². The molecular formula is C51H85N6O4+. The Bertz CT molecular complexity index is 1520. The van der Waals surface area contributed by atoms with Gasteiger partial charge in [0.1, 0.15) is 12.6 Å². The van der Waals surface area contributed by atoms with Gasteiger partial charge in [-0.05, 0) is 119 Å². The van der Waals surface area contributed by atoms with E-state index < -0.39 is 0 Å². The van der Waals surface area contributed by atoms with Crippen LogP contribution >= 0.6 is 0 Å². The zero-order valence-electron chi connectivity index (χ0n) is 38.3. The minimum atomic E-state index is 0.0132. The number of nitrogens with zero attached hydrogens (tertiary/aromatic N) is 2. The molecule has 0 radical (unpaired) electrons. The third-order valence-electron chi connectivity index (χ3n) is 16.7. The fourth-order valence-electron chi connectivity index (χ4n) is 13.2. The van der Waals surface area contributed by atoms with Gasteiger partial charge in [-0.2, -0.15) is 4.58 Å². The van der Waals surface area contributed by atoms with Gasteiger partial charge in [0.2, 0.25) is 0 Å². The van der Waals surface area contributed by atoms with E-state index in [1.807, 2.05) is 0 Å². The number of nitrogens with one attached hydrogen (secondary N) is 4. The minimum absolute atomic E-state index is 0.0132. The summed E-state index contributed by atoms with van der Waals surface area (Å²) in [5.74, 6) is 5.49. The SMILES string of the molecule is CCC(=C/C1=[N+](CCCCCNC(=O)NC2CCCCC2)C2CC3CCCCC3CC2O1)/C=C1/OC2CC3CCCCC3CC2N1CCCCCNC(=O)NC1CCCCC1. The fourth-order valence-corrected chi connectivity index (χ4v) is 13.2. The first-order chi connectivity index (χ1) is 30.0. The molecule has 0 aromatic heterocycles. The summed E-state index contributed by atoms with van der Waals surface area (Å²) in [4.78, 5) is 27.8. The Morgan fingerprint density at radius 1 is 0.623 bits per heavy atom. The van der Waals surface area contributed by atoms with Gasteiger partial charge < -0.3 is 35.6 Å². The van der Waals surface area contributed by atoms with Crippen LogP contribution in [-0.4, -0.2) is 90.0 Å². The summed E-state index contributed by atoms with van der Waals surface area (Å²) in [6, 6.07) is 1.66. The third-order valence-corrected chi connectivity index (χ3v) is 16.7. The van der Waals surface area contributed by atoms with Crippen molar-refractivity contribution in [1.82, 2.24) is 26.2 Å². The van der Waals surface area contributed by atoms with E-state index >= 15 is 0 Å². The maximum atomic E-state index is 12.6. The lowest BCUT2D eigenvalue weighted by atomic mass is 9.68. The van der Waals surface area contributed by atoms with Crippen LogP contribution in [0.4, 0.5) is 9.59 Å². The second-order valence-corrected chi connectivity index (χ2v) is 20.9. The molecule has 8 atom stereocenters. The lowest BCUT2D eigenvalue weighted by Gasteiger charge is -2.42. The van der Waals surface area contributed by atoms with Crippen LogP contribution in [0, 0.1) is 23.7 Å². The van der Waals surface area contributed by atoms with E-state index in [9.17, 15) is 9.59 Å². The number of allylic oxidation sites excluding steroid dienone is 2. The summed E-state index contributed by atoms with van der Waals surface area (Å²) >= 11 is 0. The summed E-state index contributed by atoms with van der Waals surface area (Å²) in [5.41, 5.74) is 1.30. The molecule has 2 aliphatic heterocycles. The van der Waals surface area contributed by atoms with Crippen LogP contribution in [0.5, 0.6) is 0 Å². The van der Waals surface area contributed by atoms with Crippen molar-refractivity contribution in [2.75, 3.05) is 26.2 Å². The highest BCUT2D eigenvalue weighted by atomic mass is 16.5. The number of amides is 4. The van der Waals surface area contributed by atoms with E-state index in [2.05, 4.69) is 49.8 Å². The molecule has 4 N–H and O–H groups in total. The topological polar surface area (TPSA) is 107 Å². The molecule has 8 aliphatic rings. The Morgan fingerprint density at radius 3 is 1.77 bits per heavy atom. The van der Waals surface area contributed by atoms with Gasteiger partial charge in [-0.3, -0.25) is 0 Å². The second-order valence-electron chi connectivity index (χ2n) is 20.9. The molecule has 0 bridgehead atoms. The minimum Gasteiger partial charge on any atom is -0.474 e. The summed E-state index contributed by atoms with van der Waals surface area (Å²) in [6.45, 7) is 5.80. The van der Waals surface area contributed by atoms with Crippen molar-refractivity contribution < 1.29 is 23.6 Å². The monoisotopic (exact) mass is 846 g/mol. The van der Waals surface area contributed by atoms with Crippen molar-refractivity contribution in [3.8, 4) is 0 Å². The fraction of sp³-hybridized carbons (Fsp3) is 0.863. The van der Waals surface area contributed by atoms with Crippen molar-refractivity contribution in [1.29, 1.82) is 0 Å². The molecule has 0 spiro atoms. The largest absolute Gasteiger partial charge is 0.474 e. The third kappa shape index (κ3) is 12.2. The molecule has 342 valence electrons. The van der Waals surface area contributed by atoms with Crippen molar-refractivity contribution >= 4 is 18.0 Å². The predicted octanol–water partition coefficient (Wildman–Crippen LogP) is 10.2. The second kappa shape index (κ2) is 22.6. The van der Waals surface area contributed by atoms with E-state index in [0.717, 1.165) is 132 Å². The van der Waals surface area contributed by atoms with E-state index in [4.69, 9.17) is 9.47 Å². The van der Waals surface area contributed by atoms with E-state index in [1.165, 1.54) is 121 Å². The number of hydrogen-bond donors (Lipinski definition) is 4. The maximum Gasteiger partial charge on any atom is 0.363 e. The van der Waals surface area contributed by atoms with Crippen molar-refractivity contribution in [3.05, 3.63) is 23.6 Å². The normalized spacial score (nSPS) is 32.6. The molecule has 6 saturated carbocycles. The van der Waals surface area contributed by atoms with Gasteiger partial charge in [0.25, 0.3) is 0 Å². The van der Waals surface area contributed by atoms with Crippen LogP contribution in [0.15, 0.2) is 23.6 Å². The molecule has 10 nitrogen and oxygen atoms in total. The van der Waals surface area contributed by atoms with Crippen LogP contribution in [0.2, 0.25) is 0 Å². The molecule has 0 aromatic rings. The number of hydrogen-bond acceptors (Lipinski definition) is 5. The zero-order chi connectivity index (χ0) is 41.8. The van der Waals surface area contributed by atoms with Gasteiger partial charge in [-0.1, -0.05) is 90.4 Å². The van der Waals surface area contributed by atoms with Crippen molar-refractivity contribution in [3.63, 3.8) is 0 Å². The number of carbonyl (C=O) groups excluding carboxylic acids is 2. The first-order valence-electron chi connectivity index (χ1n) is 26.2. The molecule has 8 unspecified atom stereocenters. The first-order valence-corrected chi connectivity index (χ1v) is 26.2. The zero-order valence-corrected chi connectivity index (χ0v) is 38.3. The van der Waals surface area contributed by atoms with E-state index in [1.54, 1.807) is 0 Å². The lowest BCUT2D eigenvalue weighted by Crippen LogP contribution is -2.44. The highest BCUT2D eigenvalue weighted by Crippen LogP contribution is 2.47. The van der Waals surface area contributed by atoms with Crippen molar-refractivity contribution in [2.24, 2.45) is 23.7 Å². The number of rotatable bonds is 17. The van der Waals surface area contributed by atoms with Crippen LogP contribution < -0.4 is 21.3 Å². The number of carbonyl (C=O) groups is 2. The predicted molar refractivity (Wildman–Crippen MR) is 245 cm³/mol. The number of unbranched alkanes of at least 4 members (excludes halogenated alkanes) is 4. The molecule has 8 rings (SSSR count). The average Bonchev–Trinajstić information content (AvgIpc) is 3.79. The highest BCUT2D eigenvalue weighted by Gasteiger charge is 2.50. The quantitative estimate of drug-likeness (QED) is 0.0862. The van der Waals surface area contributed by atoms with Gasteiger partial charge >= 0.3 is 18.0 Å². The van der Waals surface area contributed by atoms with Crippen LogP contribution in [-0.2, 0) is 9.47 Å². The van der Waals surface area contributed by atoms with Gasteiger partial charge in [-0.15, -0.1) is 0 Å². The summed E-state index contributed by atoms with van der Waals surface area (Å²) in [7, 11) is 0. The Morgan fingerprint density at radius 2 is 1.16 bits per heavy atom. The molecule has 7 fully saturated rings. The van der Waals surface area contributed by atoms with Crippen LogP contribution in [0.1, 0.15) is 193 Å². The van der Waals surface area contributed by atoms with Gasteiger partial charge in [0.15, 0.2) is 18.0 Å². The average molecular weight is 846 g/mol. The summed E-state index contributed by atoms with van der Waals surface area (Å²) in [5, 5.41) is 12.7. The van der Waals surface area contributed by atoms with Gasteiger partial charge in [0.05, 0.1) is 12.1 Å². The van der Waals surface area contributed by atoms with Crippen LogP contribution in [0.3, 0.4) is 0 Å². The molecule has 0 aromatic carbocycles. The Labute approximate surface area is 369 Å². The Balaban J connectivity index is 0.907. The summed E-state index contributed by atoms with van der Waals surface area (Å²) < 4.78 is 16.7. The molecule has 10 heteroatoms. The molecular weight excluding hydrogens is 761 g/mol. The highest BCUT2D eigenvalue weighted by molar-refractivity contribution is 5.85. The molecule has 2 heterocycles. The van der Waals surface area contributed by atoms with Gasteiger partial charge in [-0.25, -0.2) is 9.59 Å². The molecule has 6 aliphatic carbocycles. The lowest BCUT2D eigenvalue weighted by molar-refractivity contribution is -0.564.